The summed E-state index contributed by atoms with van der Waals surface area (Å²) in [6, 6.07) is 0.903. The van der Waals surface area contributed by atoms with Crippen molar-refractivity contribution in [2.45, 2.75) is 39.8 Å². The predicted molar refractivity (Wildman–Crippen MR) is 98.0 cm³/mol. The minimum absolute atomic E-state index is 0.0327. The van der Waals surface area contributed by atoms with Crippen molar-refractivity contribution in [3.05, 3.63) is 38.9 Å². The second kappa shape index (κ2) is 7.28. The molecule has 0 aliphatic carbocycles. The van der Waals surface area contributed by atoms with Crippen LogP contribution in [0.2, 0.25) is 0 Å². The first-order chi connectivity index (χ1) is 12.4. The van der Waals surface area contributed by atoms with E-state index in [1.54, 1.807) is 13.8 Å². The Morgan fingerprint density at radius 2 is 2.15 bits per heavy atom. The van der Waals surface area contributed by atoms with Gasteiger partial charge >= 0.3 is 12.0 Å². The third kappa shape index (κ3) is 3.34. The molecule has 2 N–H and O–H groups in total. The Kier molecular flexibility index (Phi) is 5.08. The highest BCUT2D eigenvalue weighted by Crippen LogP contribution is 2.21. The average Bonchev–Trinajstić information content (AvgIpc) is 3.01. The van der Waals surface area contributed by atoms with Gasteiger partial charge in [0, 0.05) is 4.88 Å². The van der Waals surface area contributed by atoms with Gasteiger partial charge in [0.2, 0.25) is 0 Å². The third-order valence-electron chi connectivity index (χ3n) is 4.11. The minimum Gasteiger partial charge on any atom is -0.463 e. The summed E-state index contributed by atoms with van der Waals surface area (Å²) < 4.78 is 6.47. The number of aryl methyl sites for hydroxylation is 1. The zero-order chi connectivity index (χ0) is 18.8. The van der Waals surface area contributed by atoms with Gasteiger partial charge in [0.05, 0.1) is 42.2 Å². The Balaban J connectivity index is 2.04. The molecule has 3 heterocycles. The molecule has 0 spiro atoms. The van der Waals surface area contributed by atoms with E-state index < -0.39 is 18.0 Å². The zero-order valence-corrected chi connectivity index (χ0v) is 15.6. The van der Waals surface area contributed by atoms with Crippen molar-refractivity contribution in [3.63, 3.8) is 0 Å². The van der Waals surface area contributed by atoms with Gasteiger partial charge in [-0.2, -0.15) is 0 Å². The fourth-order valence-corrected chi connectivity index (χ4v) is 3.80. The SMILES string of the molecule is CCOC(=O)C1=C(Cn2cnc3sc(CC)cc3c2=O)NC(=O)NC1C. The fourth-order valence-electron chi connectivity index (χ4n) is 2.87. The average molecular weight is 376 g/mol. The topological polar surface area (TPSA) is 102 Å². The second-order valence-corrected chi connectivity index (χ2v) is 7.01. The number of aromatic nitrogens is 2. The van der Waals surface area contributed by atoms with E-state index >= 15 is 0 Å². The molecule has 1 aliphatic rings. The lowest BCUT2D eigenvalue weighted by molar-refractivity contribution is -0.139. The number of carbonyl (C=O) groups is 2. The molecule has 0 saturated carbocycles. The van der Waals surface area contributed by atoms with Crippen molar-refractivity contribution in [2.24, 2.45) is 0 Å². The third-order valence-corrected chi connectivity index (χ3v) is 5.30. The maximum absolute atomic E-state index is 12.8. The maximum atomic E-state index is 12.8. The number of carbonyl (C=O) groups excluding carboxylic acids is 2. The number of nitrogens with one attached hydrogen (secondary N) is 2. The van der Waals surface area contributed by atoms with E-state index in [9.17, 15) is 14.4 Å². The molecular formula is C17H20N4O4S. The smallest absolute Gasteiger partial charge is 0.337 e. The van der Waals surface area contributed by atoms with Crippen molar-refractivity contribution >= 4 is 33.6 Å². The molecule has 138 valence electrons. The van der Waals surface area contributed by atoms with Crippen LogP contribution in [-0.2, 0) is 22.5 Å². The van der Waals surface area contributed by atoms with E-state index in [-0.39, 0.29) is 18.7 Å². The summed E-state index contributed by atoms with van der Waals surface area (Å²) in [7, 11) is 0. The standard InChI is InChI=1S/C17H20N4O4S/c1-4-10-6-11-14(26-10)18-8-21(15(11)22)7-12-13(16(23)25-5-2)9(3)19-17(24)20-12/h6,8-9H,4-5,7H2,1-3H3,(H2,19,20,24). The molecule has 0 fully saturated rings. The first-order valence-electron chi connectivity index (χ1n) is 8.40. The largest absolute Gasteiger partial charge is 0.463 e. The van der Waals surface area contributed by atoms with Crippen molar-refractivity contribution in [1.82, 2.24) is 20.2 Å². The molecule has 2 aromatic heterocycles. The molecular weight excluding hydrogens is 356 g/mol. The van der Waals surface area contributed by atoms with Crippen LogP contribution in [0.15, 0.2) is 28.5 Å². The molecule has 1 unspecified atom stereocenters. The maximum Gasteiger partial charge on any atom is 0.337 e. The second-order valence-electron chi connectivity index (χ2n) is 5.90. The number of nitrogens with zero attached hydrogens (tertiary/aromatic N) is 2. The van der Waals surface area contributed by atoms with Gasteiger partial charge in [-0.3, -0.25) is 9.36 Å². The van der Waals surface area contributed by atoms with Crippen LogP contribution in [-0.4, -0.2) is 34.2 Å². The van der Waals surface area contributed by atoms with E-state index in [0.29, 0.717) is 21.5 Å². The zero-order valence-electron chi connectivity index (χ0n) is 14.8. The number of urea groups is 1. The summed E-state index contributed by atoms with van der Waals surface area (Å²) in [5.74, 6) is -0.520. The van der Waals surface area contributed by atoms with Crippen LogP contribution in [0, 0.1) is 0 Å². The number of rotatable bonds is 5. The van der Waals surface area contributed by atoms with Crippen LogP contribution in [0.25, 0.3) is 10.2 Å². The summed E-state index contributed by atoms with van der Waals surface area (Å²) in [5, 5.41) is 5.79. The normalized spacial score (nSPS) is 17.2. The number of ether oxygens (including phenoxy) is 1. The minimum atomic E-state index is -0.520. The van der Waals surface area contributed by atoms with E-state index in [0.717, 1.165) is 11.3 Å². The summed E-state index contributed by atoms with van der Waals surface area (Å²) in [4.78, 5) is 43.0. The lowest BCUT2D eigenvalue weighted by Crippen LogP contribution is -2.50. The van der Waals surface area contributed by atoms with Crippen molar-refractivity contribution in [3.8, 4) is 0 Å². The summed E-state index contributed by atoms with van der Waals surface area (Å²) >= 11 is 1.49. The Morgan fingerprint density at radius 3 is 2.85 bits per heavy atom. The Hall–Kier alpha value is -2.68. The van der Waals surface area contributed by atoms with Gasteiger partial charge in [0.15, 0.2) is 0 Å². The molecule has 0 radical (unpaired) electrons. The molecule has 2 amide bonds. The number of hydrogen-bond acceptors (Lipinski definition) is 6. The van der Waals surface area contributed by atoms with Crippen LogP contribution in [0.3, 0.4) is 0 Å². The lowest BCUT2D eigenvalue weighted by Gasteiger charge is -2.26. The quantitative estimate of drug-likeness (QED) is 0.771. The van der Waals surface area contributed by atoms with Crippen LogP contribution < -0.4 is 16.2 Å². The van der Waals surface area contributed by atoms with Crippen LogP contribution in [0.4, 0.5) is 4.79 Å². The number of amides is 2. The number of thiophene rings is 1. The van der Waals surface area contributed by atoms with Gasteiger partial charge in [-0.15, -0.1) is 11.3 Å². The van der Waals surface area contributed by atoms with Gasteiger partial charge in [-0.05, 0) is 26.3 Å². The summed E-state index contributed by atoms with van der Waals surface area (Å²) in [5.41, 5.74) is 0.439. The molecule has 3 rings (SSSR count). The molecule has 0 saturated heterocycles. The van der Waals surface area contributed by atoms with E-state index in [1.165, 1.54) is 22.2 Å². The van der Waals surface area contributed by atoms with Gasteiger partial charge in [0.1, 0.15) is 4.83 Å². The highest BCUT2D eigenvalue weighted by atomic mass is 32.1. The molecule has 0 aromatic carbocycles. The summed E-state index contributed by atoms with van der Waals surface area (Å²) in [6.45, 7) is 5.68. The summed E-state index contributed by atoms with van der Waals surface area (Å²) in [6.07, 6.45) is 2.27. The highest BCUT2D eigenvalue weighted by Gasteiger charge is 2.30. The molecule has 9 heteroatoms. The molecule has 0 bridgehead atoms. The predicted octanol–water partition coefficient (Wildman–Crippen LogP) is 1.54. The number of hydrogen-bond donors (Lipinski definition) is 2. The first-order valence-corrected chi connectivity index (χ1v) is 9.21. The van der Waals surface area contributed by atoms with E-state index in [2.05, 4.69) is 15.6 Å². The number of esters is 1. The van der Waals surface area contributed by atoms with Gasteiger partial charge in [0.25, 0.3) is 5.56 Å². The van der Waals surface area contributed by atoms with Crippen LogP contribution >= 0.6 is 11.3 Å². The van der Waals surface area contributed by atoms with Crippen molar-refractivity contribution in [1.29, 1.82) is 0 Å². The Labute approximate surface area is 153 Å². The van der Waals surface area contributed by atoms with Crippen molar-refractivity contribution in [2.75, 3.05) is 6.61 Å². The van der Waals surface area contributed by atoms with E-state index in [4.69, 9.17) is 4.74 Å². The fraction of sp³-hybridized carbons (Fsp3) is 0.412. The molecule has 1 atom stereocenters. The Morgan fingerprint density at radius 1 is 1.38 bits per heavy atom. The van der Waals surface area contributed by atoms with Crippen molar-refractivity contribution < 1.29 is 14.3 Å². The number of allylic oxidation sites excluding steroid dienone is 1. The lowest BCUT2D eigenvalue weighted by atomic mass is 10.0. The van der Waals surface area contributed by atoms with Crippen LogP contribution in [0.5, 0.6) is 0 Å². The Bertz CT molecular complexity index is 959. The van der Waals surface area contributed by atoms with Gasteiger partial charge in [-0.1, -0.05) is 6.92 Å². The first kappa shape index (κ1) is 18.1. The number of fused-ring (bicyclic) bond motifs is 1. The molecule has 1 aliphatic heterocycles. The van der Waals surface area contributed by atoms with Gasteiger partial charge in [-0.25, -0.2) is 14.6 Å². The molecule has 8 nitrogen and oxygen atoms in total. The molecule has 2 aromatic rings. The van der Waals surface area contributed by atoms with E-state index in [1.807, 2.05) is 13.0 Å². The monoisotopic (exact) mass is 376 g/mol. The highest BCUT2D eigenvalue weighted by molar-refractivity contribution is 7.18. The molecule has 26 heavy (non-hydrogen) atoms. The van der Waals surface area contributed by atoms with Crippen LogP contribution in [0.1, 0.15) is 25.6 Å². The van der Waals surface area contributed by atoms with Gasteiger partial charge < -0.3 is 15.4 Å².